The van der Waals surface area contributed by atoms with Crippen molar-refractivity contribution in [3.63, 3.8) is 0 Å². The summed E-state index contributed by atoms with van der Waals surface area (Å²) in [4.78, 5) is 7.10. The van der Waals surface area contributed by atoms with Crippen molar-refractivity contribution in [3.05, 3.63) is 53.2 Å². The van der Waals surface area contributed by atoms with Crippen LogP contribution in [0.5, 0.6) is 5.75 Å². The molecule has 3 rings (SSSR count). The molecule has 1 atom stereocenters. The van der Waals surface area contributed by atoms with Crippen LogP contribution >= 0.6 is 0 Å². The molecule has 0 radical (unpaired) electrons. The van der Waals surface area contributed by atoms with Gasteiger partial charge in [-0.3, -0.25) is 4.90 Å². The van der Waals surface area contributed by atoms with Crippen molar-refractivity contribution in [3.8, 4) is 5.75 Å². The van der Waals surface area contributed by atoms with Gasteiger partial charge in [0.1, 0.15) is 51.2 Å². The van der Waals surface area contributed by atoms with Gasteiger partial charge in [0.2, 0.25) is 0 Å². The van der Waals surface area contributed by atoms with E-state index in [4.69, 9.17) is 4.74 Å². The lowest BCUT2D eigenvalue weighted by atomic mass is 10.1. The molecule has 26 heavy (non-hydrogen) atoms. The number of aliphatic hydroxyl groups is 1. The second-order valence-corrected chi connectivity index (χ2v) is 7.36. The summed E-state index contributed by atoms with van der Waals surface area (Å²) in [5.41, 5.74) is 3.58. The van der Waals surface area contributed by atoms with E-state index in [1.807, 2.05) is 12.3 Å². The average Bonchev–Trinajstić information content (AvgIpc) is 2.65. The Hall–Kier alpha value is -2.11. The Balaban J connectivity index is 1.45. The molecule has 5 heteroatoms. The fraction of sp³-hybridized carbons (Fsp3) is 0.476. The van der Waals surface area contributed by atoms with Crippen molar-refractivity contribution in [1.82, 2.24) is 0 Å². The summed E-state index contributed by atoms with van der Waals surface area (Å²) in [6.07, 6.45) is 1.52. The van der Waals surface area contributed by atoms with Crippen LogP contribution in [0.1, 0.15) is 16.7 Å². The van der Waals surface area contributed by atoms with Crippen molar-refractivity contribution in [1.29, 1.82) is 0 Å². The quantitative estimate of drug-likeness (QED) is 0.795. The first-order valence-corrected chi connectivity index (χ1v) is 9.47. The molecule has 0 aliphatic carbocycles. The zero-order chi connectivity index (χ0) is 18.5. The fourth-order valence-corrected chi connectivity index (χ4v) is 3.58. The molecule has 2 heterocycles. The maximum absolute atomic E-state index is 10.4. The summed E-state index contributed by atoms with van der Waals surface area (Å²) in [7, 11) is 0. The van der Waals surface area contributed by atoms with E-state index in [-0.39, 0.29) is 0 Å². The number of nitrogens with one attached hydrogen (secondary N) is 2. The highest BCUT2D eigenvalue weighted by molar-refractivity contribution is 5.41. The molecular formula is C21H31N3O2+2. The molecule has 1 aromatic carbocycles. The lowest BCUT2D eigenvalue weighted by Gasteiger charge is -2.29. The van der Waals surface area contributed by atoms with Crippen LogP contribution in [0.25, 0.3) is 0 Å². The van der Waals surface area contributed by atoms with Crippen molar-refractivity contribution < 1.29 is 19.7 Å². The highest BCUT2D eigenvalue weighted by Gasteiger charge is 2.27. The molecule has 1 fully saturated rings. The van der Waals surface area contributed by atoms with Gasteiger partial charge in [-0.05, 0) is 49.6 Å². The molecule has 1 aliphatic rings. The number of benzene rings is 1. The first-order valence-electron chi connectivity index (χ1n) is 9.47. The van der Waals surface area contributed by atoms with E-state index in [9.17, 15) is 5.11 Å². The van der Waals surface area contributed by atoms with Crippen molar-refractivity contribution in [2.45, 2.75) is 26.9 Å². The predicted octanol–water partition coefficient (Wildman–Crippen LogP) is 0.571. The predicted molar refractivity (Wildman–Crippen MR) is 103 cm³/mol. The average molecular weight is 357 g/mol. The summed E-state index contributed by atoms with van der Waals surface area (Å²) < 4.78 is 5.91. The SMILES string of the molecule is Cc1cc(C)c(C)c(OC[C@H](O)C[NH+]2CCN(c3cccc[nH+]3)CC2)c1. The number of anilines is 1. The third-order valence-electron chi connectivity index (χ3n) is 5.22. The van der Waals surface area contributed by atoms with Gasteiger partial charge in [-0.1, -0.05) is 12.1 Å². The molecule has 0 saturated carbocycles. The third-order valence-corrected chi connectivity index (χ3v) is 5.22. The van der Waals surface area contributed by atoms with Crippen molar-refractivity contribution in [2.75, 3.05) is 44.2 Å². The molecule has 0 unspecified atom stereocenters. The number of ether oxygens (including phenoxy) is 1. The van der Waals surface area contributed by atoms with Gasteiger partial charge in [-0.2, -0.15) is 0 Å². The Bertz CT molecular complexity index is 713. The number of piperazine rings is 1. The fourth-order valence-electron chi connectivity index (χ4n) is 3.58. The molecule has 5 nitrogen and oxygen atoms in total. The van der Waals surface area contributed by atoms with E-state index in [1.54, 1.807) is 0 Å². The second kappa shape index (κ2) is 8.52. The van der Waals surface area contributed by atoms with Crippen LogP contribution < -0.4 is 19.5 Å². The number of pyridine rings is 1. The molecule has 1 saturated heterocycles. The Morgan fingerprint density at radius 2 is 1.96 bits per heavy atom. The van der Waals surface area contributed by atoms with Gasteiger partial charge in [0.25, 0.3) is 5.82 Å². The van der Waals surface area contributed by atoms with E-state index in [1.165, 1.54) is 21.8 Å². The van der Waals surface area contributed by atoms with Crippen LogP contribution in [0.2, 0.25) is 0 Å². The minimum absolute atomic E-state index is 0.351. The van der Waals surface area contributed by atoms with Gasteiger partial charge < -0.3 is 14.7 Å². The zero-order valence-corrected chi connectivity index (χ0v) is 16.1. The number of quaternary nitrogens is 1. The molecular weight excluding hydrogens is 326 g/mol. The molecule has 1 aromatic heterocycles. The Kier molecular flexibility index (Phi) is 6.12. The Labute approximate surface area is 156 Å². The summed E-state index contributed by atoms with van der Waals surface area (Å²) in [5, 5.41) is 10.4. The number of nitrogens with zero attached hydrogens (tertiary/aromatic N) is 1. The van der Waals surface area contributed by atoms with Gasteiger partial charge in [0.05, 0.1) is 6.20 Å². The number of aromatic amines is 1. The molecule has 0 spiro atoms. The van der Waals surface area contributed by atoms with Gasteiger partial charge in [0.15, 0.2) is 0 Å². The Morgan fingerprint density at radius 3 is 2.65 bits per heavy atom. The summed E-state index contributed by atoms with van der Waals surface area (Å²) in [6.45, 7) is 11.4. The normalized spacial score (nSPS) is 16.5. The van der Waals surface area contributed by atoms with Crippen LogP contribution in [0.3, 0.4) is 0 Å². The lowest BCUT2D eigenvalue weighted by Crippen LogP contribution is -3.16. The minimum atomic E-state index is -0.444. The number of aromatic nitrogens is 1. The highest BCUT2D eigenvalue weighted by Crippen LogP contribution is 2.23. The molecule has 1 aliphatic heterocycles. The van der Waals surface area contributed by atoms with Crippen LogP contribution in [-0.2, 0) is 0 Å². The molecule has 0 bridgehead atoms. The Morgan fingerprint density at radius 1 is 1.19 bits per heavy atom. The van der Waals surface area contributed by atoms with E-state index in [0.29, 0.717) is 6.61 Å². The maximum atomic E-state index is 10.4. The number of H-pyrrole nitrogens is 1. The third kappa shape index (κ3) is 4.74. The number of aliphatic hydroxyl groups excluding tert-OH is 1. The van der Waals surface area contributed by atoms with E-state index in [2.05, 4.69) is 54.9 Å². The summed E-state index contributed by atoms with van der Waals surface area (Å²) in [6, 6.07) is 10.4. The standard InChI is InChI=1S/C21H29N3O2/c1-16-12-17(2)18(3)20(13-16)26-15-19(25)14-23-8-10-24(11-9-23)21-6-4-5-7-22-21/h4-7,12-13,19,25H,8-11,14-15H2,1-3H3/p+2/t19-/m1/s1. The van der Waals surface area contributed by atoms with E-state index < -0.39 is 6.10 Å². The van der Waals surface area contributed by atoms with E-state index in [0.717, 1.165) is 44.0 Å². The number of rotatable bonds is 6. The second-order valence-electron chi connectivity index (χ2n) is 7.36. The van der Waals surface area contributed by atoms with Gasteiger partial charge in [-0.25, -0.2) is 4.98 Å². The first kappa shape index (κ1) is 18.7. The van der Waals surface area contributed by atoms with Crippen LogP contribution in [-0.4, -0.2) is 50.5 Å². The minimum Gasteiger partial charge on any atom is -0.490 e. The van der Waals surface area contributed by atoms with Crippen LogP contribution in [0, 0.1) is 20.8 Å². The van der Waals surface area contributed by atoms with Gasteiger partial charge >= 0.3 is 0 Å². The smallest absolute Gasteiger partial charge is 0.274 e. The highest BCUT2D eigenvalue weighted by atomic mass is 16.5. The van der Waals surface area contributed by atoms with Crippen LogP contribution in [0.15, 0.2) is 36.5 Å². The number of hydrogen-bond acceptors (Lipinski definition) is 3. The van der Waals surface area contributed by atoms with Crippen molar-refractivity contribution in [2.24, 2.45) is 0 Å². The molecule has 0 amide bonds. The van der Waals surface area contributed by atoms with E-state index >= 15 is 0 Å². The number of hydrogen-bond donors (Lipinski definition) is 2. The largest absolute Gasteiger partial charge is 0.490 e. The van der Waals surface area contributed by atoms with Gasteiger partial charge in [0, 0.05) is 6.07 Å². The first-order chi connectivity index (χ1) is 12.5. The molecule has 2 aromatic rings. The topological polar surface area (TPSA) is 51.3 Å². The summed E-state index contributed by atoms with van der Waals surface area (Å²) in [5.74, 6) is 2.06. The molecule has 140 valence electrons. The number of aryl methyl sites for hydroxylation is 2. The van der Waals surface area contributed by atoms with Gasteiger partial charge in [-0.15, -0.1) is 0 Å². The monoisotopic (exact) mass is 357 g/mol. The zero-order valence-electron chi connectivity index (χ0n) is 16.1. The maximum Gasteiger partial charge on any atom is 0.274 e. The van der Waals surface area contributed by atoms with Crippen LogP contribution in [0.4, 0.5) is 5.82 Å². The van der Waals surface area contributed by atoms with Crippen molar-refractivity contribution >= 4 is 5.82 Å². The summed E-state index contributed by atoms with van der Waals surface area (Å²) >= 11 is 0. The lowest BCUT2D eigenvalue weighted by molar-refractivity contribution is -0.903. The molecule has 3 N–H and O–H groups in total.